The number of hydrogen-bond donors (Lipinski definition) is 2. The van der Waals surface area contributed by atoms with Crippen LogP contribution in [0.1, 0.15) is 0 Å². The number of rotatable bonds is 5. The summed E-state index contributed by atoms with van der Waals surface area (Å²) in [6.07, 6.45) is 0. The Labute approximate surface area is 95.9 Å². The Morgan fingerprint density at radius 2 is 1.69 bits per heavy atom. The molecule has 2 N–H and O–H groups in total. The largest absolute Gasteiger partial charge is 0.512 e. The van der Waals surface area contributed by atoms with Crippen LogP contribution in [-0.2, 0) is 10.1 Å². The van der Waals surface area contributed by atoms with Crippen LogP contribution in [-0.4, -0.2) is 72.9 Å². The Bertz CT molecular complexity index is 333. The lowest BCUT2D eigenvalue weighted by Crippen LogP contribution is -2.47. The van der Waals surface area contributed by atoms with E-state index in [1.807, 2.05) is 9.80 Å². The summed E-state index contributed by atoms with van der Waals surface area (Å²) < 4.78 is 29.7. The third-order valence-electron chi connectivity index (χ3n) is 2.54. The van der Waals surface area contributed by atoms with E-state index in [9.17, 15) is 8.42 Å². The lowest BCUT2D eigenvalue weighted by molar-refractivity contribution is 0.135. The van der Waals surface area contributed by atoms with Gasteiger partial charge in [0, 0.05) is 32.7 Å². The minimum absolute atomic E-state index is 0.145. The lowest BCUT2D eigenvalue weighted by Gasteiger charge is -2.34. The van der Waals surface area contributed by atoms with Gasteiger partial charge in [0.15, 0.2) is 0 Å². The molecule has 1 heterocycles. The highest BCUT2D eigenvalue weighted by molar-refractivity contribution is 7.85. The molecule has 0 atom stereocenters. The molecule has 1 aliphatic rings. The van der Waals surface area contributed by atoms with Crippen molar-refractivity contribution >= 4 is 10.1 Å². The molecule has 0 spiro atoms. The second kappa shape index (κ2) is 5.62. The highest BCUT2D eigenvalue weighted by atomic mass is 32.2. The maximum atomic E-state index is 10.6. The Kier molecular flexibility index (Phi) is 4.72. The molecule has 0 radical (unpaired) electrons. The van der Waals surface area contributed by atoms with Crippen molar-refractivity contribution < 1.29 is 18.1 Å². The van der Waals surface area contributed by atoms with Crippen LogP contribution in [0, 0.1) is 0 Å². The molecule has 0 saturated carbocycles. The van der Waals surface area contributed by atoms with Gasteiger partial charge in [-0.25, -0.2) is 0 Å². The molecule has 16 heavy (non-hydrogen) atoms. The van der Waals surface area contributed by atoms with Gasteiger partial charge in [-0.3, -0.25) is 14.4 Å². The topological polar surface area (TPSA) is 81.1 Å². The first-order valence-corrected chi connectivity index (χ1v) is 6.74. The smallest absolute Gasteiger partial charge is 0.266 e. The van der Waals surface area contributed by atoms with Crippen LogP contribution >= 0.6 is 0 Å². The van der Waals surface area contributed by atoms with Gasteiger partial charge >= 0.3 is 0 Å². The van der Waals surface area contributed by atoms with Gasteiger partial charge in [0.25, 0.3) is 10.1 Å². The Morgan fingerprint density at radius 3 is 2.12 bits per heavy atom. The average molecular weight is 250 g/mol. The third kappa shape index (κ3) is 5.45. The van der Waals surface area contributed by atoms with Crippen LogP contribution in [0.2, 0.25) is 0 Å². The highest BCUT2D eigenvalue weighted by Gasteiger charge is 2.18. The van der Waals surface area contributed by atoms with Crippen LogP contribution < -0.4 is 0 Å². The lowest BCUT2D eigenvalue weighted by atomic mass is 10.3. The van der Waals surface area contributed by atoms with Gasteiger partial charge in [-0.05, 0) is 0 Å². The van der Waals surface area contributed by atoms with Crippen molar-refractivity contribution in [1.29, 1.82) is 0 Å². The Morgan fingerprint density at radius 1 is 1.19 bits per heavy atom. The van der Waals surface area contributed by atoms with Crippen molar-refractivity contribution in [2.24, 2.45) is 0 Å². The molecule has 94 valence electrons. The molecule has 0 aromatic carbocycles. The van der Waals surface area contributed by atoms with E-state index in [-0.39, 0.29) is 11.5 Å². The van der Waals surface area contributed by atoms with E-state index in [1.54, 1.807) is 0 Å². The molecule has 6 nitrogen and oxygen atoms in total. The number of nitrogens with zero attached hydrogens (tertiary/aromatic N) is 2. The number of piperazine rings is 1. The summed E-state index contributed by atoms with van der Waals surface area (Å²) in [5, 5.41) is 9.02. The van der Waals surface area contributed by atoms with E-state index < -0.39 is 10.1 Å². The van der Waals surface area contributed by atoms with E-state index in [1.165, 1.54) is 0 Å². The highest BCUT2D eigenvalue weighted by Crippen LogP contribution is 2.03. The molecule has 1 rings (SSSR count). The summed E-state index contributed by atoms with van der Waals surface area (Å²) in [6, 6.07) is 0. The van der Waals surface area contributed by atoms with E-state index in [0.29, 0.717) is 13.1 Å². The van der Waals surface area contributed by atoms with E-state index in [4.69, 9.17) is 9.66 Å². The predicted octanol–water partition coefficient (Wildman–Crippen LogP) is -0.436. The average Bonchev–Trinajstić information content (AvgIpc) is 2.14. The van der Waals surface area contributed by atoms with Gasteiger partial charge in [-0.15, -0.1) is 0 Å². The fourth-order valence-electron chi connectivity index (χ4n) is 1.67. The van der Waals surface area contributed by atoms with Crippen molar-refractivity contribution in [2.45, 2.75) is 0 Å². The first-order valence-electron chi connectivity index (χ1n) is 5.13. The summed E-state index contributed by atoms with van der Waals surface area (Å²) in [6.45, 7) is 7.26. The fourth-order valence-corrected chi connectivity index (χ4v) is 2.16. The third-order valence-corrected chi connectivity index (χ3v) is 3.23. The summed E-state index contributed by atoms with van der Waals surface area (Å²) in [5.74, 6) is -0.0777. The normalized spacial score (nSPS) is 19.8. The molecule has 0 bridgehead atoms. The first-order chi connectivity index (χ1) is 7.37. The van der Waals surface area contributed by atoms with Crippen molar-refractivity contribution in [1.82, 2.24) is 9.80 Å². The monoisotopic (exact) mass is 250 g/mol. The zero-order valence-electron chi connectivity index (χ0n) is 9.17. The van der Waals surface area contributed by atoms with Gasteiger partial charge in [-0.1, -0.05) is 6.58 Å². The van der Waals surface area contributed by atoms with Crippen LogP contribution in [0.4, 0.5) is 0 Å². The van der Waals surface area contributed by atoms with E-state index >= 15 is 0 Å². The molecule has 0 amide bonds. The van der Waals surface area contributed by atoms with E-state index in [2.05, 4.69) is 6.58 Å². The van der Waals surface area contributed by atoms with Crippen molar-refractivity contribution in [2.75, 3.05) is 45.0 Å². The number of aliphatic hydroxyl groups is 1. The molecule has 0 aromatic rings. The number of aliphatic hydroxyl groups excluding tert-OH is 1. The molecule has 0 unspecified atom stereocenters. The predicted molar refractivity (Wildman–Crippen MR) is 61.1 cm³/mol. The van der Waals surface area contributed by atoms with E-state index in [0.717, 1.165) is 26.2 Å². The van der Waals surface area contributed by atoms with Crippen molar-refractivity contribution in [3.63, 3.8) is 0 Å². The Hall–Kier alpha value is -0.630. The van der Waals surface area contributed by atoms with Gasteiger partial charge < -0.3 is 5.11 Å². The number of hydrogen-bond acceptors (Lipinski definition) is 5. The molecule has 7 heteroatoms. The van der Waals surface area contributed by atoms with Crippen LogP contribution in [0.3, 0.4) is 0 Å². The van der Waals surface area contributed by atoms with Crippen LogP contribution in [0.15, 0.2) is 12.3 Å². The molecule has 1 saturated heterocycles. The minimum atomic E-state index is -3.87. The van der Waals surface area contributed by atoms with Crippen molar-refractivity contribution in [3.8, 4) is 0 Å². The van der Waals surface area contributed by atoms with Crippen LogP contribution in [0.5, 0.6) is 0 Å². The van der Waals surface area contributed by atoms with Gasteiger partial charge in [-0.2, -0.15) is 8.42 Å². The summed E-state index contributed by atoms with van der Waals surface area (Å²) >= 11 is 0. The zero-order valence-corrected chi connectivity index (χ0v) is 9.99. The van der Waals surface area contributed by atoms with Gasteiger partial charge in [0.1, 0.15) is 0 Å². The molecular formula is C9H18N2O4S. The Balaban J connectivity index is 2.24. The molecule has 1 aliphatic heterocycles. The van der Waals surface area contributed by atoms with Gasteiger partial charge in [0.2, 0.25) is 0 Å². The quantitative estimate of drug-likeness (QED) is 0.509. The summed E-state index contributed by atoms with van der Waals surface area (Å²) in [7, 11) is -3.87. The maximum Gasteiger partial charge on any atom is 0.266 e. The standard InChI is InChI=1S/C9H18N2O4S/c1-9(12)8-11-4-2-10(3-5-11)6-7-16(13,14)15/h12H,1-8H2,(H,13,14,15). The molecule has 1 fully saturated rings. The first kappa shape index (κ1) is 13.4. The SMILES string of the molecule is C=C(O)CN1CCN(CCS(=O)(=O)O)CC1. The summed E-state index contributed by atoms with van der Waals surface area (Å²) in [5.41, 5.74) is 0. The zero-order chi connectivity index (χ0) is 12.2. The summed E-state index contributed by atoms with van der Waals surface area (Å²) in [4.78, 5) is 4.02. The van der Waals surface area contributed by atoms with Crippen molar-refractivity contribution in [3.05, 3.63) is 12.3 Å². The fraction of sp³-hybridized carbons (Fsp3) is 0.778. The molecule has 0 aliphatic carbocycles. The molecule has 0 aromatic heterocycles. The van der Waals surface area contributed by atoms with Crippen LogP contribution in [0.25, 0.3) is 0 Å². The second-order valence-electron chi connectivity index (χ2n) is 3.97. The second-order valence-corrected chi connectivity index (χ2v) is 5.54. The maximum absolute atomic E-state index is 10.6. The molecular weight excluding hydrogens is 232 g/mol. The minimum Gasteiger partial charge on any atom is -0.512 e. The van der Waals surface area contributed by atoms with Gasteiger partial charge in [0.05, 0.1) is 18.1 Å².